The van der Waals surface area contributed by atoms with Crippen LogP contribution >= 0.6 is 0 Å². The minimum absolute atomic E-state index is 0.192. The zero-order valence-electron chi connectivity index (χ0n) is 14.8. The second kappa shape index (κ2) is 6.48. The Morgan fingerprint density at radius 2 is 1.50 bits per heavy atom. The molecule has 0 unspecified atom stereocenters. The van der Waals surface area contributed by atoms with E-state index in [2.05, 4.69) is 0 Å². The van der Waals surface area contributed by atoms with Crippen LogP contribution < -0.4 is 17.0 Å². The lowest BCUT2D eigenvalue weighted by Gasteiger charge is -2.17. The lowest BCUT2D eigenvalue weighted by Crippen LogP contribution is -2.42. The van der Waals surface area contributed by atoms with E-state index in [9.17, 15) is 14.4 Å². The highest BCUT2D eigenvalue weighted by molar-refractivity contribution is 5.99. The van der Waals surface area contributed by atoms with Gasteiger partial charge in [-0.05, 0) is 23.6 Å². The van der Waals surface area contributed by atoms with E-state index in [0.717, 1.165) is 21.3 Å². The summed E-state index contributed by atoms with van der Waals surface area (Å²) in [5.41, 5.74) is 7.73. The number of carbonyl (C=O) groups is 1. The molecule has 3 aromatic rings. The largest absolute Gasteiger partial charge is 0.365 e. The molecule has 1 heterocycles. The first-order chi connectivity index (χ1) is 12.3. The van der Waals surface area contributed by atoms with Crippen molar-refractivity contribution in [3.05, 3.63) is 80.5 Å². The zero-order chi connectivity index (χ0) is 19.0. The van der Waals surface area contributed by atoms with Gasteiger partial charge in [0, 0.05) is 19.7 Å². The van der Waals surface area contributed by atoms with Crippen LogP contribution in [0.4, 0.5) is 0 Å². The van der Waals surface area contributed by atoms with Crippen molar-refractivity contribution in [1.82, 2.24) is 9.13 Å². The van der Waals surface area contributed by atoms with Gasteiger partial charge >= 0.3 is 5.69 Å². The summed E-state index contributed by atoms with van der Waals surface area (Å²) in [6.45, 7) is 1.89. The fraction of sp³-hybridized carbons (Fsp3) is 0.150. The van der Waals surface area contributed by atoms with Gasteiger partial charge in [0.15, 0.2) is 0 Å². The molecule has 0 saturated heterocycles. The highest BCUT2D eigenvalue weighted by Gasteiger charge is 2.23. The van der Waals surface area contributed by atoms with Crippen molar-refractivity contribution in [2.45, 2.75) is 6.92 Å². The number of rotatable bonds is 3. The zero-order valence-corrected chi connectivity index (χ0v) is 14.8. The molecule has 1 amide bonds. The lowest BCUT2D eigenvalue weighted by atomic mass is 9.93. The van der Waals surface area contributed by atoms with Crippen LogP contribution in [0.15, 0.2) is 58.1 Å². The number of carbonyl (C=O) groups excluding carboxylic acids is 1. The van der Waals surface area contributed by atoms with Crippen molar-refractivity contribution < 1.29 is 4.79 Å². The first kappa shape index (κ1) is 17.4. The van der Waals surface area contributed by atoms with Crippen LogP contribution in [0.25, 0.3) is 22.4 Å². The van der Waals surface area contributed by atoms with Crippen molar-refractivity contribution in [2.75, 3.05) is 0 Å². The second-order valence-electron chi connectivity index (χ2n) is 6.14. The van der Waals surface area contributed by atoms with Gasteiger partial charge in [0.1, 0.15) is 5.56 Å². The fourth-order valence-corrected chi connectivity index (χ4v) is 3.20. The Morgan fingerprint density at radius 3 is 2.12 bits per heavy atom. The summed E-state index contributed by atoms with van der Waals surface area (Å²) in [7, 11) is 2.85. The normalized spacial score (nSPS) is 10.7. The lowest BCUT2D eigenvalue weighted by molar-refractivity contribution is 0.0998. The van der Waals surface area contributed by atoms with Gasteiger partial charge in [0.2, 0.25) is 0 Å². The molecule has 0 atom stereocenters. The number of hydrogen-bond acceptors (Lipinski definition) is 3. The molecule has 0 saturated carbocycles. The Balaban J connectivity index is 2.41. The molecule has 0 aliphatic carbocycles. The number of nitrogens with two attached hydrogens (primary N) is 1. The van der Waals surface area contributed by atoms with E-state index in [4.69, 9.17) is 5.73 Å². The standard InChI is InChI=1S/C20H19N3O3/c1-12-14(13-8-5-4-6-9-13)10-7-11-15(12)17-16(18(21)24)19(25)23(3)20(26)22(17)2/h4-11H,1-3H3,(H2,21,24). The number of aromatic nitrogens is 2. The molecule has 0 spiro atoms. The highest BCUT2D eigenvalue weighted by atomic mass is 16.2. The molecule has 1 aromatic heterocycles. The molecule has 132 valence electrons. The number of benzene rings is 2. The summed E-state index contributed by atoms with van der Waals surface area (Å²) < 4.78 is 2.18. The van der Waals surface area contributed by atoms with Crippen LogP contribution in [0.1, 0.15) is 15.9 Å². The Morgan fingerprint density at radius 1 is 0.885 bits per heavy atom. The van der Waals surface area contributed by atoms with Crippen LogP contribution in [0.5, 0.6) is 0 Å². The monoisotopic (exact) mass is 349 g/mol. The Kier molecular flexibility index (Phi) is 4.34. The van der Waals surface area contributed by atoms with Gasteiger partial charge in [-0.2, -0.15) is 0 Å². The average Bonchev–Trinajstić information content (AvgIpc) is 2.63. The quantitative estimate of drug-likeness (QED) is 0.782. The third-order valence-electron chi connectivity index (χ3n) is 4.58. The second-order valence-corrected chi connectivity index (χ2v) is 6.14. The predicted molar refractivity (Wildman–Crippen MR) is 101 cm³/mol. The predicted octanol–water partition coefficient (Wildman–Crippen LogP) is 1.83. The average molecular weight is 349 g/mol. The maximum Gasteiger partial charge on any atom is 0.330 e. The van der Waals surface area contributed by atoms with E-state index in [1.54, 1.807) is 6.07 Å². The molecule has 0 radical (unpaired) electrons. The maximum atomic E-state index is 12.5. The molecule has 0 aliphatic rings. The van der Waals surface area contributed by atoms with Crippen LogP contribution in [-0.2, 0) is 14.1 Å². The first-order valence-corrected chi connectivity index (χ1v) is 8.09. The van der Waals surface area contributed by atoms with Gasteiger partial charge in [-0.15, -0.1) is 0 Å². The Bertz CT molecular complexity index is 1130. The molecular weight excluding hydrogens is 330 g/mol. The molecule has 3 rings (SSSR count). The van der Waals surface area contributed by atoms with Gasteiger partial charge in [0.25, 0.3) is 11.5 Å². The molecule has 26 heavy (non-hydrogen) atoms. The number of amides is 1. The van der Waals surface area contributed by atoms with Crippen LogP contribution in [-0.4, -0.2) is 15.0 Å². The van der Waals surface area contributed by atoms with Gasteiger partial charge in [-0.1, -0.05) is 48.5 Å². The molecule has 0 aliphatic heterocycles. The summed E-state index contributed by atoms with van der Waals surface area (Å²) in [6.07, 6.45) is 0. The number of primary amides is 1. The van der Waals surface area contributed by atoms with E-state index in [1.807, 2.05) is 49.4 Å². The third-order valence-corrected chi connectivity index (χ3v) is 4.58. The summed E-state index contributed by atoms with van der Waals surface area (Å²) in [4.78, 5) is 36.9. The molecular formula is C20H19N3O3. The Hall–Kier alpha value is -3.41. The van der Waals surface area contributed by atoms with E-state index in [-0.39, 0.29) is 11.3 Å². The van der Waals surface area contributed by atoms with E-state index >= 15 is 0 Å². The smallest absolute Gasteiger partial charge is 0.330 e. The summed E-state index contributed by atoms with van der Waals surface area (Å²) in [6, 6.07) is 15.3. The highest BCUT2D eigenvalue weighted by Crippen LogP contribution is 2.31. The summed E-state index contributed by atoms with van der Waals surface area (Å²) >= 11 is 0. The molecule has 2 aromatic carbocycles. The fourth-order valence-electron chi connectivity index (χ4n) is 3.20. The summed E-state index contributed by atoms with van der Waals surface area (Å²) in [5, 5.41) is 0. The van der Waals surface area contributed by atoms with Crippen LogP contribution in [0.2, 0.25) is 0 Å². The van der Waals surface area contributed by atoms with Crippen LogP contribution in [0, 0.1) is 6.92 Å². The minimum Gasteiger partial charge on any atom is -0.365 e. The van der Waals surface area contributed by atoms with Gasteiger partial charge in [-0.25, -0.2) is 4.79 Å². The molecule has 2 N–H and O–H groups in total. The van der Waals surface area contributed by atoms with Crippen molar-refractivity contribution in [2.24, 2.45) is 19.8 Å². The molecule has 6 heteroatoms. The van der Waals surface area contributed by atoms with Gasteiger partial charge in [-0.3, -0.25) is 18.7 Å². The maximum absolute atomic E-state index is 12.5. The third kappa shape index (κ3) is 2.65. The molecule has 0 bridgehead atoms. The van der Waals surface area contributed by atoms with E-state index in [1.165, 1.54) is 18.7 Å². The number of nitrogens with zero attached hydrogens (tertiary/aromatic N) is 2. The van der Waals surface area contributed by atoms with E-state index in [0.29, 0.717) is 5.56 Å². The topological polar surface area (TPSA) is 87.1 Å². The van der Waals surface area contributed by atoms with Gasteiger partial charge in [0.05, 0.1) is 5.69 Å². The SMILES string of the molecule is Cc1c(-c2ccccc2)cccc1-c1c(C(N)=O)c(=O)n(C)c(=O)n1C. The molecule has 6 nitrogen and oxygen atoms in total. The Labute approximate surface area is 150 Å². The molecule has 0 fully saturated rings. The van der Waals surface area contributed by atoms with Crippen molar-refractivity contribution in [3.63, 3.8) is 0 Å². The van der Waals surface area contributed by atoms with Crippen molar-refractivity contribution in [1.29, 1.82) is 0 Å². The van der Waals surface area contributed by atoms with Gasteiger partial charge < -0.3 is 5.73 Å². The van der Waals surface area contributed by atoms with Crippen LogP contribution in [0.3, 0.4) is 0 Å². The minimum atomic E-state index is -0.860. The van der Waals surface area contributed by atoms with Crippen molar-refractivity contribution in [3.8, 4) is 22.4 Å². The number of hydrogen-bond donors (Lipinski definition) is 1. The van der Waals surface area contributed by atoms with E-state index < -0.39 is 17.2 Å². The first-order valence-electron chi connectivity index (χ1n) is 8.09. The van der Waals surface area contributed by atoms with Crippen molar-refractivity contribution >= 4 is 5.91 Å². The summed E-state index contributed by atoms with van der Waals surface area (Å²) in [5.74, 6) is -0.860.